The van der Waals surface area contributed by atoms with Gasteiger partial charge in [-0.05, 0) is 17.7 Å². The van der Waals surface area contributed by atoms with Crippen LogP contribution in [-0.4, -0.2) is 46.7 Å². The maximum absolute atomic E-state index is 13.3. The van der Waals surface area contributed by atoms with Crippen molar-refractivity contribution in [2.24, 2.45) is 11.8 Å². The van der Waals surface area contributed by atoms with Gasteiger partial charge in [-0.15, -0.1) is 11.3 Å². The van der Waals surface area contributed by atoms with Crippen LogP contribution in [0.2, 0.25) is 0 Å². The first-order valence-electron chi connectivity index (χ1n) is 9.38. The number of nitrogens with one attached hydrogen (secondary N) is 1. The molecule has 6 rings (SSSR count). The average Bonchev–Trinajstić information content (AvgIpc) is 3.50. The highest BCUT2D eigenvalue weighted by Gasteiger charge is 2.66. The number of amides is 2. The van der Waals surface area contributed by atoms with E-state index in [0.29, 0.717) is 29.7 Å². The maximum atomic E-state index is 13.3. The number of hydrogen-bond acceptors (Lipinski definition) is 7. The van der Waals surface area contributed by atoms with Crippen molar-refractivity contribution >= 4 is 28.3 Å². The van der Waals surface area contributed by atoms with Gasteiger partial charge in [0.1, 0.15) is 5.60 Å². The second kappa shape index (κ2) is 6.04. The average molecular weight is 411 g/mol. The predicted octanol–water partition coefficient (Wildman–Crippen LogP) is 1.79. The molecule has 5 heterocycles. The van der Waals surface area contributed by atoms with Gasteiger partial charge in [-0.1, -0.05) is 18.2 Å². The SMILES string of the molecule is O=C(Nc1nccs1)[C@@H]1[C@H]2C=C[C@@]3(CN(Cc4ccc5c(c4)OCO5)C(=O)[C@@H]13)O2. The molecule has 148 valence electrons. The van der Waals surface area contributed by atoms with E-state index in [4.69, 9.17) is 14.2 Å². The Hall–Kier alpha value is -2.91. The van der Waals surface area contributed by atoms with Gasteiger partial charge in [-0.25, -0.2) is 4.98 Å². The Morgan fingerprint density at radius 2 is 2.24 bits per heavy atom. The van der Waals surface area contributed by atoms with E-state index >= 15 is 0 Å². The zero-order valence-electron chi connectivity index (χ0n) is 15.2. The lowest BCUT2D eigenvalue weighted by Crippen LogP contribution is -2.41. The third-order valence-electron chi connectivity index (χ3n) is 5.95. The highest BCUT2D eigenvalue weighted by atomic mass is 32.1. The first-order valence-corrected chi connectivity index (χ1v) is 10.3. The van der Waals surface area contributed by atoms with Crippen LogP contribution in [0.25, 0.3) is 0 Å². The van der Waals surface area contributed by atoms with Gasteiger partial charge in [-0.2, -0.15) is 0 Å². The van der Waals surface area contributed by atoms with Gasteiger partial charge in [0.15, 0.2) is 16.6 Å². The van der Waals surface area contributed by atoms with Crippen molar-refractivity contribution < 1.29 is 23.8 Å². The van der Waals surface area contributed by atoms with Crippen LogP contribution in [0.15, 0.2) is 41.9 Å². The molecule has 29 heavy (non-hydrogen) atoms. The normalized spacial score (nSPS) is 30.8. The summed E-state index contributed by atoms with van der Waals surface area (Å²) >= 11 is 1.35. The number of benzene rings is 1. The van der Waals surface area contributed by atoms with Crippen molar-refractivity contribution in [2.45, 2.75) is 18.2 Å². The highest BCUT2D eigenvalue weighted by molar-refractivity contribution is 7.13. The lowest BCUT2D eigenvalue weighted by molar-refractivity contribution is -0.136. The molecule has 1 aromatic heterocycles. The van der Waals surface area contributed by atoms with Crippen LogP contribution in [0.1, 0.15) is 5.56 Å². The lowest BCUT2D eigenvalue weighted by Gasteiger charge is -2.23. The van der Waals surface area contributed by atoms with Crippen molar-refractivity contribution in [2.75, 3.05) is 18.7 Å². The molecule has 0 unspecified atom stereocenters. The van der Waals surface area contributed by atoms with Crippen molar-refractivity contribution in [1.29, 1.82) is 0 Å². The molecule has 1 aromatic carbocycles. The fraction of sp³-hybridized carbons (Fsp3) is 0.350. The fourth-order valence-corrected chi connectivity index (χ4v) is 5.28. The molecule has 4 aliphatic heterocycles. The van der Waals surface area contributed by atoms with E-state index in [0.717, 1.165) is 5.56 Å². The van der Waals surface area contributed by atoms with E-state index in [1.165, 1.54) is 11.3 Å². The Bertz CT molecular complexity index is 1040. The molecule has 9 heteroatoms. The molecule has 2 aromatic rings. The van der Waals surface area contributed by atoms with Crippen LogP contribution in [0.3, 0.4) is 0 Å². The Balaban J connectivity index is 1.25. The molecular weight excluding hydrogens is 394 g/mol. The lowest BCUT2D eigenvalue weighted by atomic mass is 9.77. The minimum absolute atomic E-state index is 0.0613. The molecule has 2 bridgehead atoms. The molecule has 1 N–H and O–H groups in total. The molecule has 0 radical (unpaired) electrons. The summed E-state index contributed by atoms with van der Waals surface area (Å²) in [5.41, 5.74) is 0.212. The van der Waals surface area contributed by atoms with Crippen LogP contribution in [0, 0.1) is 11.8 Å². The monoisotopic (exact) mass is 411 g/mol. The Morgan fingerprint density at radius 3 is 3.10 bits per heavy atom. The number of rotatable bonds is 4. The van der Waals surface area contributed by atoms with Crippen molar-refractivity contribution in [3.63, 3.8) is 0 Å². The van der Waals surface area contributed by atoms with Gasteiger partial charge >= 0.3 is 0 Å². The second-order valence-electron chi connectivity index (χ2n) is 7.61. The number of ether oxygens (including phenoxy) is 3. The quantitative estimate of drug-likeness (QED) is 0.772. The van der Waals surface area contributed by atoms with Crippen LogP contribution in [0.4, 0.5) is 5.13 Å². The van der Waals surface area contributed by atoms with E-state index in [2.05, 4.69) is 10.3 Å². The summed E-state index contributed by atoms with van der Waals surface area (Å²) in [5.74, 6) is 0.0314. The molecule has 2 amide bonds. The molecule has 1 spiro atoms. The van der Waals surface area contributed by atoms with E-state index in [9.17, 15) is 9.59 Å². The van der Waals surface area contributed by atoms with Crippen LogP contribution >= 0.6 is 11.3 Å². The van der Waals surface area contributed by atoms with Crippen LogP contribution in [0.5, 0.6) is 11.5 Å². The number of hydrogen-bond donors (Lipinski definition) is 1. The summed E-state index contributed by atoms with van der Waals surface area (Å²) < 4.78 is 16.9. The molecule has 0 aliphatic carbocycles. The molecule has 4 atom stereocenters. The predicted molar refractivity (Wildman–Crippen MR) is 102 cm³/mol. The maximum Gasteiger partial charge on any atom is 0.233 e. The number of likely N-dealkylation sites (tertiary alicyclic amines) is 1. The van der Waals surface area contributed by atoms with Crippen molar-refractivity contribution in [3.05, 3.63) is 47.5 Å². The summed E-state index contributed by atoms with van der Waals surface area (Å²) in [7, 11) is 0. The largest absolute Gasteiger partial charge is 0.454 e. The van der Waals surface area contributed by atoms with Crippen molar-refractivity contribution in [1.82, 2.24) is 9.88 Å². The summed E-state index contributed by atoms with van der Waals surface area (Å²) in [5, 5.41) is 5.14. The summed E-state index contributed by atoms with van der Waals surface area (Å²) in [4.78, 5) is 32.1. The van der Waals surface area contributed by atoms with Crippen LogP contribution in [-0.2, 0) is 20.9 Å². The highest BCUT2D eigenvalue weighted by Crippen LogP contribution is 2.52. The number of carbonyl (C=O) groups is 2. The topological polar surface area (TPSA) is 90.0 Å². The number of fused-ring (bicyclic) bond motifs is 2. The summed E-state index contributed by atoms with van der Waals surface area (Å²) in [6.45, 7) is 1.07. The zero-order chi connectivity index (χ0) is 19.6. The third kappa shape index (κ3) is 2.50. The van der Waals surface area contributed by atoms with E-state index < -0.39 is 17.4 Å². The number of anilines is 1. The van der Waals surface area contributed by atoms with Crippen molar-refractivity contribution in [3.8, 4) is 11.5 Å². The minimum Gasteiger partial charge on any atom is -0.454 e. The Kier molecular flexibility index (Phi) is 3.54. The van der Waals surface area contributed by atoms with Gasteiger partial charge in [0.2, 0.25) is 18.6 Å². The first-order chi connectivity index (χ1) is 14.1. The molecule has 2 fully saturated rings. The van der Waals surface area contributed by atoms with Gasteiger partial charge in [0.25, 0.3) is 0 Å². The second-order valence-corrected chi connectivity index (χ2v) is 8.50. The molecule has 8 nitrogen and oxygen atoms in total. The number of carbonyl (C=O) groups excluding carboxylic acids is 2. The van der Waals surface area contributed by atoms with Gasteiger partial charge in [-0.3, -0.25) is 9.59 Å². The number of thiazole rings is 1. The smallest absolute Gasteiger partial charge is 0.233 e. The molecule has 0 saturated carbocycles. The number of aromatic nitrogens is 1. The minimum atomic E-state index is -0.733. The van der Waals surface area contributed by atoms with E-state index in [1.807, 2.05) is 30.4 Å². The van der Waals surface area contributed by atoms with E-state index in [-0.39, 0.29) is 24.7 Å². The number of nitrogens with zero attached hydrogens (tertiary/aromatic N) is 2. The van der Waals surface area contributed by atoms with Gasteiger partial charge < -0.3 is 24.4 Å². The van der Waals surface area contributed by atoms with Gasteiger partial charge in [0, 0.05) is 18.1 Å². The zero-order valence-corrected chi connectivity index (χ0v) is 16.1. The Labute approximate surface area is 170 Å². The summed E-state index contributed by atoms with van der Waals surface area (Å²) in [6.07, 6.45) is 5.11. The van der Waals surface area contributed by atoms with Crippen LogP contribution < -0.4 is 14.8 Å². The molecular formula is C20H17N3O5S. The first kappa shape index (κ1) is 17.0. The summed E-state index contributed by atoms with van der Waals surface area (Å²) in [6, 6.07) is 5.67. The Morgan fingerprint density at radius 1 is 1.34 bits per heavy atom. The molecule has 2 saturated heterocycles. The molecule has 4 aliphatic rings. The fourth-order valence-electron chi connectivity index (χ4n) is 4.75. The van der Waals surface area contributed by atoms with E-state index in [1.54, 1.807) is 16.5 Å². The standard InChI is InChI=1S/C20H17N3O5S/c24-17(22-19-21-5-6-29-19)15-13-3-4-20(28-13)9-23(18(25)16(15)20)8-11-1-2-12-14(7-11)27-10-26-12/h1-7,13,15-16H,8-10H2,(H,21,22,24)/t13-,15-,16-,20+/m1/s1. The third-order valence-corrected chi connectivity index (χ3v) is 6.64. The van der Waals surface area contributed by atoms with Gasteiger partial charge in [0.05, 0.1) is 24.5 Å².